The van der Waals surface area contributed by atoms with Crippen molar-refractivity contribution in [2.75, 3.05) is 11.9 Å². The van der Waals surface area contributed by atoms with Crippen LogP contribution in [-0.4, -0.2) is 17.3 Å². The van der Waals surface area contributed by atoms with E-state index in [1.54, 1.807) is 0 Å². The van der Waals surface area contributed by atoms with Crippen LogP contribution in [0.25, 0.3) is 0 Å². The Morgan fingerprint density at radius 2 is 2.12 bits per heavy atom. The molecule has 0 fully saturated rings. The predicted molar refractivity (Wildman–Crippen MR) is 67.9 cm³/mol. The van der Waals surface area contributed by atoms with Gasteiger partial charge in [0.2, 0.25) is 0 Å². The fraction of sp³-hybridized carbons (Fsp3) is 0.571. The molecule has 0 aromatic heterocycles. The van der Waals surface area contributed by atoms with E-state index in [-0.39, 0.29) is 0 Å². The Kier molecular flexibility index (Phi) is 3.20. The Bertz CT molecular complexity index is 365. The molecule has 1 aromatic carbocycles. The second-order valence-electron chi connectivity index (χ2n) is 5.36. The van der Waals surface area contributed by atoms with Crippen molar-refractivity contribution in [3.8, 4) is 0 Å². The Hall–Kier alpha value is -1.02. The van der Waals surface area contributed by atoms with Crippen LogP contribution < -0.4 is 5.32 Å². The molecule has 1 heterocycles. The van der Waals surface area contributed by atoms with Crippen molar-refractivity contribution < 1.29 is 5.11 Å². The number of aliphatic hydroxyl groups is 1. The van der Waals surface area contributed by atoms with Gasteiger partial charge in [0.1, 0.15) is 0 Å². The molecule has 0 spiro atoms. The third-order valence-electron chi connectivity index (χ3n) is 2.99. The number of fused-ring (bicyclic) bond motifs is 1. The number of rotatable bonds is 2. The van der Waals surface area contributed by atoms with E-state index in [0.717, 1.165) is 19.4 Å². The van der Waals surface area contributed by atoms with Gasteiger partial charge in [0.05, 0.1) is 5.60 Å². The highest BCUT2D eigenvalue weighted by Gasteiger charge is 2.15. The molecule has 0 bridgehead atoms. The summed E-state index contributed by atoms with van der Waals surface area (Å²) in [6.45, 7) is 4.80. The Balaban J connectivity index is 2.21. The lowest BCUT2D eigenvalue weighted by Gasteiger charge is -2.18. The molecule has 0 saturated carbocycles. The molecule has 0 amide bonds. The van der Waals surface area contributed by atoms with Crippen molar-refractivity contribution >= 4 is 5.69 Å². The fourth-order valence-electron chi connectivity index (χ4n) is 2.30. The van der Waals surface area contributed by atoms with Gasteiger partial charge in [0.15, 0.2) is 0 Å². The molecule has 2 N–H and O–H groups in total. The maximum absolute atomic E-state index is 9.82. The predicted octanol–water partition coefficient (Wildman–Crippen LogP) is 2.75. The van der Waals surface area contributed by atoms with Crippen LogP contribution in [0.4, 0.5) is 5.69 Å². The quantitative estimate of drug-likeness (QED) is 0.801. The molecular formula is C14H21NO. The number of hydrogen-bond donors (Lipinski definition) is 2. The molecule has 0 radical (unpaired) electrons. The molecule has 2 nitrogen and oxygen atoms in total. The highest BCUT2D eigenvalue weighted by atomic mass is 16.3. The van der Waals surface area contributed by atoms with Crippen LogP contribution in [0.15, 0.2) is 18.2 Å². The second kappa shape index (κ2) is 4.46. The van der Waals surface area contributed by atoms with Crippen LogP contribution in [0.2, 0.25) is 0 Å². The van der Waals surface area contributed by atoms with Gasteiger partial charge in [-0.05, 0) is 50.3 Å². The highest BCUT2D eigenvalue weighted by Crippen LogP contribution is 2.24. The zero-order valence-corrected chi connectivity index (χ0v) is 10.2. The van der Waals surface area contributed by atoms with Crippen molar-refractivity contribution in [2.24, 2.45) is 0 Å². The largest absolute Gasteiger partial charge is 0.390 e. The van der Waals surface area contributed by atoms with Crippen molar-refractivity contribution in [3.63, 3.8) is 0 Å². The van der Waals surface area contributed by atoms with Gasteiger partial charge in [-0.25, -0.2) is 0 Å². The average molecular weight is 219 g/mol. The zero-order valence-electron chi connectivity index (χ0n) is 10.2. The SMILES string of the molecule is CC(C)(O)Cc1ccc2c(c1)CCCCN2. The van der Waals surface area contributed by atoms with Gasteiger partial charge in [-0.15, -0.1) is 0 Å². The number of nitrogens with one attached hydrogen (secondary N) is 1. The molecule has 2 heteroatoms. The highest BCUT2D eigenvalue weighted by molar-refractivity contribution is 5.53. The van der Waals surface area contributed by atoms with E-state index in [9.17, 15) is 5.11 Å². The smallest absolute Gasteiger partial charge is 0.0631 e. The Morgan fingerprint density at radius 3 is 2.88 bits per heavy atom. The van der Waals surface area contributed by atoms with E-state index >= 15 is 0 Å². The molecule has 1 aliphatic rings. The van der Waals surface area contributed by atoms with Crippen LogP contribution in [0.5, 0.6) is 0 Å². The lowest BCUT2D eigenvalue weighted by Crippen LogP contribution is -2.21. The van der Waals surface area contributed by atoms with Crippen LogP contribution in [0.3, 0.4) is 0 Å². The number of benzene rings is 1. The standard InChI is InChI=1S/C14H21NO/c1-14(2,16)10-11-6-7-13-12(9-11)5-3-4-8-15-13/h6-7,9,15-16H,3-5,8,10H2,1-2H3. The first-order valence-electron chi connectivity index (χ1n) is 6.13. The third-order valence-corrected chi connectivity index (χ3v) is 2.99. The van der Waals surface area contributed by atoms with Crippen LogP contribution in [0, 0.1) is 0 Å². The Labute approximate surface area is 97.7 Å². The fourth-order valence-corrected chi connectivity index (χ4v) is 2.30. The minimum atomic E-state index is -0.619. The molecule has 0 atom stereocenters. The van der Waals surface area contributed by atoms with Crippen LogP contribution in [-0.2, 0) is 12.8 Å². The van der Waals surface area contributed by atoms with Gasteiger partial charge in [0.25, 0.3) is 0 Å². The van der Waals surface area contributed by atoms with Crippen LogP contribution in [0.1, 0.15) is 37.8 Å². The minimum Gasteiger partial charge on any atom is -0.390 e. The summed E-state index contributed by atoms with van der Waals surface area (Å²) in [5.74, 6) is 0. The van der Waals surface area contributed by atoms with E-state index in [4.69, 9.17) is 0 Å². The van der Waals surface area contributed by atoms with Gasteiger partial charge in [0, 0.05) is 18.7 Å². The number of aryl methyl sites for hydroxylation is 1. The maximum Gasteiger partial charge on any atom is 0.0631 e. The first-order chi connectivity index (χ1) is 7.54. The summed E-state index contributed by atoms with van der Waals surface area (Å²) in [7, 11) is 0. The third kappa shape index (κ3) is 2.99. The van der Waals surface area contributed by atoms with E-state index in [2.05, 4.69) is 23.5 Å². The van der Waals surface area contributed by atoms with Crippen LogP contribution >= 0.6 is 0 Å². The Morgan fingerprint density at radius 1 is 1.31 bits per heavy atom. The summed E-state index contributed by atoms with van der Waals surface area (Å²) in [5.41, 5.74) is 3.29. The molecule has 1 aliphatic heterocycles. The minimum absolute atomic E-state index is 0.619. The molecule has 0 aliphatic carbocycles. The van der Waals surface area contributed by atoms with E-state index in [1.165, 1.54) is 29.7 Å². The van der Waals surface area contributed by atoms with E-state index in [0.29, 0.717) is 0 Å². The molecule has 0 unspecified atom stereocenters. The van der Waals surface area contributed by atoms with Gasteiger partial charge in [-0.1, -0.05) is 12.1 Å². The summed E-state index contributed by atoms with van der Waals surface area (Å²) < 4.78 is 0. The maximum atomic E-state index is 9.82. The summed E-state index contributed by atoms with van der Waals surface area (Å²) in [4.78, 5) is 0. The summed E-state index contributed by atoms with van der Waals surface area (Å²) >= 11 is 0. The number of anilines is 1. The summed E-state index contributed by atoms with van der Waals surface area (Å²) in [6.07, 6.45) is 4.38. The molecule has 1 aromatic rings. The van der Waals surface area contributed by atoms with Gasteiger partial charge >= 0.3 is 0 Å². The first-order valence-corrected chi connectivity index (χ1v) is 6.13. The van der Waals surface area contributed by atoms with Gasteiger partial charge in [-0.3, -0.25) is 0 Å². The molecule has 16 heavy (non-hydrogen) atoms. The monoisotopic (exact) mass is 219 g/mol. The average Bonchev–Trinajstić information content (AvgIpc) is 2.39. The van der Waals surface area contributed by atoms with E-state index in [1.807, 2.05) is 13.8 Å². The first kappa shape index (κ1) is 11.5. The van der Waals surface area contributed by atoms with Gasteiger partial charge < -0.3 is 10.4 Å². The molecule has 0 saturated heterocycles. The lowest BCUT2D eigenvalue weighted by atomic mass is 9.95. The summed E-state index contributed by atoms with van der Waals surface area (Å²) in [6, 6.07) is 6.52. The zero-order chi connectivity index (χ0) is 11.6. The molecular weight excluding hydrogens is 198 g/mol. The number of hydrogen-bond acceptors (Lipinski definition) is 2. The van der Waals surface area contributed by atoms with Crippen molar-refractivity contribution in [2.45, 2.75) is 45.1 Å². The van der Waals surface area contributed by atoms with E-state index < -0.39 is 5.60 Å². The molecule has 88 valence electrons. The van der Waals surface area contributed by atoms with Crippen molar-refractivity contribution in [1.29, 1.82) is 0 Å². The van der Waals surface area contributed by atoms with Crippen molar-refractivity contribution in [3.05, 3.63) is 29.3 Å². The van der Waals surface area contributed by atoms with Gasteiger partial charge in [-0.2, -0.15) is 0 Å². The lowest BCUT2D eigenvalue weighted by molar-refractivity contribution is 0.0810. The topological polar surface area (TPSA) is 32.3 Å². The summed E-state index contributed by atoms with van der Waals surface area (Å²) in [5, 5.41) is 13.3. The van der Waals surface area contributed by atoms with Crippen molar-refractivity contribution in [1.82, 2.24) is 0 Å². The molecule has 2 rings (SSSR count). The normalized spacial score (nSPS) is 16.2. The second-order valence-corrected chi connectivity index (χ2v) is 5.36.